The maximum absolute atomic E-state index is 10.8. The molecule has 5 nitrogen and oxygen atoms in total. The molecule has 0 atom stereocenters. The first-order valence-electron chi connectivity index (χ1n) is 7.03. The normalized spacial score (nSPS) is 17.1. The molecule has 0 spiro atoms. The Balaban J connectivity index is 1.91. The van der Waals surface area contributed by atoms with Crippen LogP contribution in [0, 0.1) is 10.1 Å². The summed E-state index contributed by atoms with van der Waals surface area (Å²) >= 11 is 3.25. The average Bonchev–Trinajstić information content (AvgIpc) is 2.41. The molecular formula is C14H20BrN3O2. The molecule has 0 bridgehead atoms. The standard InChI is InChI=1S/C14H20BrN3O2/c1-2-7-17-8-5-11(6-9-17)16-12-3-4-14(18(19)20)13(15)10-12/h3-4,10-11,16H,2,5-9H2,1H3. The minimum atomic E-state index is -0.378. The third-order valence-corrected chi connectivity index (χ3v) is 4.28. The van der Waals surface area contributed by atoms with Crippen molar-refractivity contribution in [1.29, 1.82) is 0 Å². The molecule has 2 rings (SSSR count). The number of nitro benzene ring substituents is 1. The molecule has 1 saturated heterocycles. The van der Waals surface area contributed by atoms with Crippen molar-refractivity contribution in [1.82, 2.24) is 4.90 Å². The Bertz CT molecular complexity index is 473. The largest absolute Gasteiger partial charge is 0.382 e. The number of hydrogen-bond acceptors (Lipinski definition) is 4. The Kier molecular flexibility index (Phi) is 5.37. The number of anilines is 1. The van der Waals surface area contributed by atoms with Crippen LogP contribution in [0.15, 0.2) is 22.7 Å². The Morgan fingerprint density at radius 3 is 2.70 bits per heavy atom. The highest BCUT2D eigenvalue weighted by molar-refractivity contribution is 9.10. The molecule has 1 aliphatic heterocycles. The van der Waals surface area contributed by atoms with E-state index < -0.39 is 0 Å². The molecule has 1 N–H and O–H groups in total. The molecule has 20 heavy (non-hydrogen) atoms. The Morgan fingerprint density at radius 1 is 1.45 bits per heavy atom. The Labute approximate surface area is 127 Å². The van der Waals surface area contributed by atoms with Gasteiger partial charge in [0.05, 0.1) is 9.40 Å². The van der Waals surface area contributed by atoms with E-state index in [0.29, 0.717) is 10.5 Å². The number of benzene rings is 1. The minimum Gasteiger partial charge on any atom is -0.382 e. The Morgan fingerprint density at radius 2 is 2.15 bits per heavy atom. The van der Waals surface area contributed by atoms with Gasteiger partial charge < -0.3 is 10.2 Å². The fourth-order valence-electron chi connectivity index (χ4n) is 2.60. The van der Waals surface area contributed by atoms with Gasteiger partial charge in [0.25, 0.3) is 5.69 Å². The molecular weight excluding hydrogens is 322 g/mol. The highest BCUT2D eigenvalue weighted by Gasteiger charge is 2.19. The summed E-state index contributed by atoms with van der Waals surface area (Å²) < 4.78 is 0.524. The van der Waals surface area contributed by atoms with Crippen molar-refractivity contribution < 1.29 is 4.92 Å². The van der Waals surface area contributed by atoms with Crippen molar-refractivity contribution in [2.75, 3.05) is 25.0 Å². The summed E-state index contributed by atoms with van der Waals surface area (Å²) in [6.07, 6.45) is 3.44. The van der Waals surface area contributed by atoms with Gasteiger partial charge in [-0.15, -0.1) is 0 Å². The van der Waals surface area contributed by atoms with Crippen molar-refractivity contribution in [3.8, 4) is 0 Å². The van der Waals surface area contributed by atoms with Crippen LogP contribution in [-0.4, -0.2) is 35.5 Å². The summed E-state index contributed by atoms with van der Waals surface area (Å²) in [4.78, 5) is 12.9. The van der Waals surface area contributed by atoms with Crippen LogP contribution in [-0.2, 0) is 0 Å². The van der Waals surface area contributed by atoms with Crippen LogP contribution < -0.4 is 5.32 Å². The maximum atomic E-state index is 10.8. The van der Waals surface area contributed by atoms with Gasteiger partial charge in [-0.1, -0.05) is 6.92 Å². The molecule has 0 radical (unpaired) electrons. The van der Waals surface area contributed by atoms with E-state index in [9.17, 15) is 10.1 Å². The molecule has 1 heterocycles. The topological polar surface area (TPSA) is 58.4 Å². The fraction of sp³-hybridized carbons (Fsp3) is 0.571. The van der Waals surface area contributed by atoms with E-state index >= 15 is 0 Å². The van der Waals surface area contributed by atoms with E-state index in [4.69, 9.17) is 0 Å². The molecule has 0 aliphatic carbocycles. The lowest BCUT2D eigenvalue weighted by Gasteiger charge is -2.32. The first kappa shape index (κ1) is 15.3. The van der Waals surface area contributed by atoms with Gasteiger partial charge >= 0.3 is 0 Å². The lowest BCUT2D eigenvalue weighted by molar-refractivity contribution is -0.385. The minimum absolute atomic E-state index is 0.105. The highest BCUT2D eigenvalue weighted by atomic mass is 79.9. The van der Waals surface area contributed by atoms with Gasteiger partial charge in [0, 0.05) is 30.9 Å². The first-order valence-corrected chi connectivity index (χ1v) is 7.82. The van der Waals surface area contributed by atoms with E-state index in [-0.39, 0.29) is 10.6 Å². The quantitative estimate of drug-likeness (QED) is 0.656. The van der Waals surface area contributed by atoms with Gasteiger partial charge in [0.15, 0.2) is 0 Å². The number of nitrogens with one attached hydrogen (secondary N) is 1. The molecule has 0 saturated carbocycles. The van der Waals surface area contributed by atoms with E-state index in [0.717, 1.165) is 31.6 Å². The lowest BCUT2D eigenvalue weighted by atomic mass is 10.0. The predicted molar refractivity (Wildman–Crippen MR) is 84.2 cm³/mol. The zero-order valence-corrected chi connectivity index (χ0v) is 13.2. The van der Waals surface area contributed by atoms with Crippen LogP contribution in [0.2, 0.25) is 0 Å². The third-order valence-electron chi connectivity index (χ3n) is 3.64. The van der Waals surface area contributed by atoms with Crippen LogP contribution in [0.4, 0.5) is 11.4 Å². The zero-order valence-electron chi connectivity index (χ0n) is 11.6. The lowest BCUT2D eigenvalue weighted by Crippen LogP contribution is -2.39. The maximum Gasteiger partial charge on any atom is 0.283 e. The molecule has 110 valence electrons. The number of hydrogen-bond donors (Lipinski definition) is 1. The summed E-state index contributed by atoms with van der Waals surface area (Å²) in [6, 6.07) is 5.56. The third kappa shape index (κ3) is 3.93. The fourth-order valence-corrected chi connectivity index (χ4v) is 3.12. The zero-order chi connectivity index (χ0) is 14.5. The van der Waals surface area contributed by atoms with Gasteiger partial charge in [0.2, 0.25) is 0 Å². The molecule has 1 fully saturated rings. The number of nitrogens with zero attached hydrogens (tertiary/aromatic N) is 2. The first-order chi connectivity index (χ1) is 9.60. The van der Waals surface area contributed by atoms with E-state index in [2.05, 4.69) is 33.1 Å². The average molecular weight is 342 g/mol. The number of nitro groups is 1. The van der Waals surface area contributed by atoms with Crippen molar-refractivity contribution in [3.63, 3.8) is 0 Å². The summed E-state index contributed by atoms with van der Waals surface area (Å²) in [5, 5.41) is 14.2. The summed E-state index contributed by atoms with van der Waals surface area (Å²) in [5.41, 5.74) is 1.05. The van der Waals surface area contributed by atoms with Gasteiger partial charge in [-0.2, -0.15) is 0 Å². The molecule has 1 aliphatic rings. The SMILES string of the molecule is CCCN1CCC(Nc2ccc([N+](=O)[O-])c(Br)c2)CC1. The van der Waals surface area contributed by atoms with E-state index in [1.807, 2.05) is 0 Å². The number of halogens is 1. The summed E-state index contributed by atoms with van der Waals surface area (Å²) in [5.74, 6) is 0. The van der Waals surface area contributed by atoms with Crippen molar-refractivity contribution in [2.45, 2.75) is 32.2 Å². The van der Waals surface area contributed by atoms with E-state index in [1.54, 1.807) is 18.2 Å². The number of likely N-dealkylation sites (tertiary alicyclic amines) is 1. The summed E-state index contributed by atoms with van der Waals surface area (Å²) in [7, 11) is 0. The second kappa shape index (κ2) is 7.04. The van der Waals surface area contributed by atoms with E-state index in [1.165, 1.54) is 13.0 Å². The van der Waals surface area contributed by atoms with Gasteiger partial charge in [-0.3, -0.25) is 10.1 Å². The monoisotopic (exact) mass is 341 g/mol. The highest BCUT2D eigenvalue weighted by Crippen LogP contribution is 2.28. The van der Waals surface area contributed by atoms with Crippen molar-refractivity contribution in [2.24, 2.45) is 0 Å². The molecule has 6 heteroatoms. The predicted octanol–water partition coefficient (Wildman–Crippen LogP) is 3.64. The number of piperidine rings is 1. The van der Waals surface area contributed by atoms with Gasteiger partial charge in [-0.25, -0.2) is 0 Å². The van der Waals surface area contributed by atoms with Crippen LogP contribution in [0.5, 0.6) is 0 Å². The molecule has 0 aromatic heterocycles. The van der Waals surface area contributed by atoms with Crippen molar-refractivity contribution in [3.05, 3.63) is 32.8 Å². The second-order valence-electron chi connectivity index (χ2n) is 5.18. The van der Waals surface area contributed by atoms with Crippen LogP contribution in [0.3, 0.4) is 0 Å². The van der Waals surface area contributed by atoms with Crippen molar-refractivity contribution >= 4 is 27.3 Å². The molecule has 0 unspecified atom stereocenters. The smallest absolute Gasteiger partial charge is 0.283 e. The molecule has 0 amide bonds. The molecule has 1 aromatic rings. The van der Waals surface area contributed by atoms with Crippen LogP contribution in [0.25, 0.3) is 0 Å². The Hall–Kier alpha value is -1.14. The number of rotatable bonds is 5. The molecule has 1 aromatic carbocycles. The van der Waals surface area contributed by atoms with Gasteiger partial charge in [-0.05, 0) is 53.9 Å². The van der Waals surface area contributed by atoms with Crippen LogP contribution >= 0.6 is 15.9 Å². The van der Waals surface area contributed by atoms with Crippen LogP contribution in [0.1, 0.15) is 26.2 Å². The second-order valence-corrected chi connectivity index (χ2v) is 6.04. The summed E-state index contributed by atoms with van der Waals surface area (Å²) in [6.45, 7) is 5.63. The van der Waals surface area contributed by atoms with Gasteiger partial charge in [0.1, 0.15) is 0 Å².